The van der Waals surface area contributed by atoms with Crippen LogP contribution in [-0.2, 0) is 4.79 Å². The Hall–Kier alpha value is -3.13. The number of anilines is 3. The highest BCUT2D eigenvalue weighted by Crippen LogP contribution is 2.30. The van der Waals surface area contributed by atoms with E-state index in [1.54, 1.807) is 23.8 Å². The third kappa shape index (κ3) is 4.80. The van der Waals surface area contributed by atoms with E-state index in [2.05, 4.69) is 27.1 Å². The zero-order valence-corrected chi connectivity index (χ0v) is 20.0. The molecule has 0 amide bonds. The van der Waals surface area contributed by atoms with Crippen molar-refractivity contribution in [2.24, 2.45) is 5.92 Å². The van der Waals surface area contributed by atoms with E-state index in [4.69, 9.17) is 16.3 Å². The van der Waals surface area contributed by atoms with Gasteiger partial charge in [-0.2, -0.15) is 4.98 Å². The lowest BCUT2D eigenvalue weighted by molar-refractivity contribution is -0.120. The van der Waals surface area contributed by atoms with Gasteiger partial charge in [0.1, 0.15) is 11.6 Å². The van der Waals surface area contributed by atoms with Crippen LogP contribution in [0.15, 0.2) is 35.3 Å². The van der Waals surface area contributed by atoms with E-state index >= 15 is 0 Å². The molecular weight excluding hydrogens is 442 g/mol. The summed E-state index contributed by atoms with van der Waals surface area (Å²) in [6, 6.07) is 7.27. The molecule has 0 saturated carbocycles. The van der Waals surface area contributed by atoms with E-state index in [1.807, 2.05) is 32.0 Å². The van der Waals surface area contributed by atoms with Crippen LogP contribution in [0.4, 0.5) is 17.5 Å². The number of hydrogen-bond donors (Lipinski definition) is 1. The molecule has 33 heavy (non-hydrogen) atoms. The van der Waals surface area contributed by atoms with Crippen molar-refractivity contribution in [1.82, 2.24) is 14.5 Å². The Morgan fingerprint density at radius 1 is 1.30 bits per heavy atom. The number of ketones is 1. The van der Waals surface area contributed by atoms with Crippen molar-refractivity contribution in [2.75, 3.05) is 29.9 Å². The van der Waals surface area contributed by atoms with Crippen molar-refractivity contribution in [3.05, 3.63) is 45.8 Å². The first-order valence-corrected chi connectivity index (χ1v) is 11.5. The molecule has 8 nitrogen and oxygen atoms in total. The minimum absolute atomic E-state index is 0.0631. The van der Waals surface area contributed by atoms with Crippen LogP contribution < -0.4 is 20.5 Å². The van der Waals surface area contributed by atoms with E-state index in [9.17, 15) is 9.59 Å². The van der Waals surface area contributed by atoms with Crippen LogP contribution in [0.3, 0.4) is 0 Å². The summed E-state index contributed by atoms with van der Waals surface area (Å²) in [5, 5.41) is 4.49. The number of rotatable bonds is 8. The maximum absolute atomic E-state index is 13.0. The molecule has 1 aliphatic rings. The third-order valence-electron chi connectivity index (χ3n) is 5.64. The van der Waals surface area contributed by atoms with Gasteiger partial charge in [0.15, 0.2) is 17.4 Å². The van der Waals surface area contributed by atoms with Gasteiger partial charge >= 0.3 is 0 Å². The van der Waals surface area contributed by atoms with Crippen molar-refractivity contribution in [1.29, 1.82) is 0 Å². The number of aromatic nitrogens is 3. The van der Waals surface area contributed by atoms with E-state index < -0.39 is 0 Å². The lowest BCUT2D eigenvalue weighted by Gasteiger charge is -2.37. The zero-order chi connectivity index (χ0) is 23.7. The Morgan fingerprint density at radius 2 is 2.06 bits per heavy atom. The van der Waals surface area contributed by atoms with Gasteiger partial charge in [0, 0.05) is 36.6 Å². The van der Waals surface area contributed by atoms with Gasteiger partial charge in [-0.15, -0.1) is 0 Å². The summed E-state index contributed by atoms with van der Waals surface area (Å²) in [5.41, 5.74) is 1.28. The highest BCUT2D eigenvalue weighted by atomic mass is 35.5. The summed E-state index contributed by atoms with van der Waals surface area (Å²) in [6.45, 7) is 9.55. The Bertz CT molecular complexity index is 1250. The molecule has 2 aromatic heterocycles. The molecule has 3 heterocycles. The molecule has 0 atom stereocenters. The second-order valence-corrected chi connectivity index (χ2v) is 9.14. The fraction of sp³-hybridized carbons (Fsp3) is 0.417. The van der Waals surface area contributed by atoms with Crippen LogP contribution in [-0.4, -0.2) is 40.0 Å². The molecule has 1 saturated heterocycles. The van der Waals surface area contributed by atoms with E-state index in [0.29, 0.717) is 29.1 Å². The normalized spacial score (nSPS) is 13.9. The largest absolute Gasteiger partial charge is 0.480 e. The van der Waals surface area contributed by atoms with Crippen LogP contribution in [0.2, 0.25) is 5.02 Å². The molecule has 3 aromatic rings. The van der Waals surface area contributed by atoms with Crippen LogP contribution in [0.25, 0.3) is 10.9 Å². The van der Waals surface area contributed by atoms with Gasteiger partial charge in [-0.05, 0) is 44.0 Å². The number of Topliss-reactive ketones (excluding diaryl/α,β-unsaturated/α-hetero) is 1. The molecule has 1 aromatic carbocycles. The van der Waals surface area contributed by atoms with E-state index in [1.165, 1.54) is 0 Å². The highest BCUT2D eigenvalue weighted by Gasteiger charge is 2.25. The number of nitrogens with zero attached hydrogens (tertiary/aromatic N) is 4. The Balaban J connectivity index is 1.68. The molecule has 1 aliphatic heterocycles. The smallest absolute Gasteiger partial charge is 0.293 e. The zero-order valence-electron chi connectivity index (χ0n) is 19.3. The maximum Gasteiger partial charge on any atom is 0.293 e. The van der Waals surface area contributed by atoms with Crippen LogP contribution >= 0.6 is 11.6 Å². The molecule has 9 heteroatoms. The minimum Gasteiger partial charge on any atom is -0.480 e. The van der Waals surface area contributed by atoms with E-state index in [0.717, 1.165) is 29.7 Å². The highest BCUT2D eigenvalue weighted by molar-refractivity contribution is 6.32. The monoisotopic (exact) mass is 469 g/mol. The summed E-state index contributed by atoms with van der Waals surface area (Å²) in [6.07, 6.45) is 1.96. The molecular formula is C24H28ClN5O3. The average molecular weight is 470 g/mol. The van der Waals surface area contributed by atoms with Crippen molar-refractivity contribution in [3.8, 4) is 5.75 Å². The van der Waals surface area contributed by atoms with Gasteiger partial charge in [-0.3, -0.25) is 9.59 Å². The first-order valence-electron chi connectivity index (χ1n) is 11.1. The number of fused-ring (bicyclic) bond motifs is 1. The van der Waals surface area contributed by atoms with Crippen molar-refractivity contribution in [3.63, 3.8) is 0 Å². The predicted molar refractivity (Wildman–Crippen MR) is 131 cm³/mol. The van der Waals surface area contributed by atoms with Crippen molar-refractivity contribution in [2.45, 2.75) is 40.2 Å². The number of nitrogens with one attached hydrogen (secondary N) is 1. The number of carbonyl (C=O) groups is 1. The molecule has 1 fully saturated rings. The molecule has 174 valence electrons. The first kappa shape index (κ1) is 23.0. The SMILES string of the molecule is CCC(=O)COc1cc2cc(Nc3nc(N4CC(C)C4)ncc3Cl)ccc2n(C(C)C)c1=O. The number of hydrogen-bond acceptors (Lipinski definition) is 7. The van der Waals surface area contributed by atoms with Gasteiger partial charge in [0.25, 0.3) is 5.56 Å². The number of halogens is 1. The fourth-order valence-corrected chi connectivity index (χ4v) is 4.01. The third-order valence-corrected chi connectivity index (χ3v) is 5.92. The maximum atomic E-state index is 13.0. The quantitative estimate of drug-likeness (QED) is 0.516. The molecule has 0 bridgehead atoms. The van der Waals surface area contributed by atoms with Gasteiger partial charge in [0.05, 0.1) is 11.7 Å². The molecule has 0 spiro atoms. The minimum atomic E-state index is -0.255. The summed E-state index contributed by atoms with van der Waals surface area (Å²) in [5.74, 6) is 1.88. The second-order valence-electron chi connectivity index (χ2n) is 8.73. The molecule has 0 radical (unpaired) electrons. The van der Waals surface area contributed by atoms with Crippen LogP contribution in [0, 0.1) is 5.92 Å². The molecule has 4 rings (SSSR count). The standard InChI is InChI=1S/C24H28ClN5O3/c1-5-18(31)13-33-21-9-16-8-17(6-7-20(16)30(14(2)3)23(21)32)27-22-19(25)10-26-24(28-22)29-11-15(4)12-29/h6-10,14-15H,5,11-13H2,1-4H3,(H,26,27,28). The Kier molecular flexibility index (Phi) is 6.56. The second kappa shape index (κ2) is 9.39. The van der Waals surface area contributed by atoms with Gasteiger partial charge in [-0.25, -0.2) is 4.98 Å². The van der Waals surface area contributed by atoms with Crippen LogP contribution in [0.5, 0.6) is 5.75 Å². The number of benzene rings is 1. The number of ether oxygens (including phenoxy) is 1. The summed E-state index contributed by atoms with van der Waals surface area (Å²) < 4.78 is 7.26. The fourth-order valence-electron chi connectivity index (χ4n) is 3.87. The molecule has 0 unspecified atom stereocenters. The van der Waals surface area contributed by atoms with Crippen molar-refractivity contribution >= 4 is 45.7 Å². The Labute approximate surface area is 197 Å². The van der Waals surface area contributed by atoms with Gasteiger partial charge < -0.3 is 19.5 Å². The molecule has 0 aliphatic carbocycles. The first-order chi connectivity index (χ1) is 15.8. The number of pyridine rings is 1. The van der Waals surface area contributed by atoms with E-state index in [-0.39, 0.29) is 29.7 Å². The molecule has 1 N–H and O–H groups in total. The van der Waals surface area contributed by atoms with Gasteiger partial charge in [-0.1, -0.05) is 25.4 Å². The summed E-state index contributed by atoms with van der Waals surface area (Å²) in [7, 11) is 0. The Morgan fingerprint density at radius 3 is 2.73 bits per heavy atom. The summed E-state index contributed by atoms with van der Waals surface area (Å²) >= 11 is 6.35. The van der Waals surface area contributed by atoms with Gasteiger partial charge in [0.2, 0.25) is 5.95 Å². The lowest BCUT2D eigenvalue weighted by Crippen LogP contribution is -2.46. The number of carbonyl (C=O) groups excluding carboxylic acids is 1. The topological polar surface area (TPSA) is 89.3 Å². The lowest BCUT2D eigenvalue weighted by atomic mass is 10.0. The van der Waals surface area contributed by atoms with Crippen molar-refractivity contribution < 1.29 is 9.53 Å². The van der Waals surface area contributed by atoms with Crippen LogP contribution in [0.1, 0.15) is 40.2 Å². The summed E-state index contributed by atoms with van der Waals surface area (Å²) in [4.78, 5) is 35.7. The average Bonchev–Trinajstić information content (AvgIpc) is 2.76. The predicted octanol–water partition coefficient (Wildman–Crippen LogP) is 4.58.